The molecular weight excluding hydrogens is 905 g/mol. The summed E-state index contributed by atoms with van der Waals surface area (Å²) in [5.41, 5.74) is 10.00. The van der Waals surface area contributed by atoms with E-state index in [2.05, 4.69) is 25.9 Å². The third-order valence-corrected chi connectivity index (χ3v) is 11.2. The standard InChI is InChI=1S/C26H25F3N4O2.C25H22F3N3O3/c1-16-12-17(8-9-19(16)25(34)30-2)22-14-32-24-21(31-11-10-26(27,28)29)13-18(15-33(22)24)20-6-4-5-7-23(20)35-3;1-15-11-16(7-8-18(15)24(32)33)21-13-30-23-20(29-10-9-25(26,27)28)12-17(14-31(21)23)19-5-3-4-6-22(19)34-2/h4-9,12-15,31H,10-11H2,1-3H3,(H,30,34);3-8,11-14,29H,9-10H2,1-2H3,(H,32,33). The first kappa shape index (κ1) is 48.9. The van der Waals surface area contributed by atoms with Crippen LogP contribution >= 0.6 is 0 Å². The Morgan fingerprint density at radius 2 is 1.03 bits per heavy atom. The first-order chi connectivity index (χ1) is 32.9. The number of carbonyl (C=O) groups excluding carboxylic acids is 1. The number of methoxy groups -OCH3 is 2. The van der Waals surface area contributed by atoms with Crippen molar-refractivity contribution in [2.75, 3.05) is 45.0 Å². The number of carbonyl (C=O) groups is 2. The molecule has 0 unspecified atom stereocenters. The largest absolute Gasteiger partial charge is 0.496 e. The Bertz CT molecular complexity index is 3160. The van der Waals surface area contributed by atoms with Gasteiger partial charge in [0.15, 0.2) is 11.3 Å². The molecule has 69 heavy (non-hydrogen) atoms. The van der Waals surface area contributed by atoms with Crippen LogP contribution in [0.25, 0.3) is 56.1 Å². The summed E-state index contributed by atoms with van der Waals surface area (Å²) < 4.78 is 91.2. The van der Waals surface area contributed by atoms with Crippen LogP contribution in [0.4, 0.5) is 37.7 Å². The number of amides is 1. The van der Waals surface area contributed by atoms with E-state index >= 15 is 0 Å². The van der Waals surface area contributed by atoms with E-state index in [0.717, 1.165) is 44.6 Å². The van der Waals surface area contributed by atoms with Gasteiger partial charge in [0.1, 0.15) is 11.5 Å². The van der Waals surface area contributed by atoms with E-state index in [1.54, 1.807) is 81.4 Å². The van der Waals surface area contributed by atoms with Crippen molar-refractivity contribution in [3.8, 4) is 56.3 Å². The lowest BCUT2D eigenvalue weighted by molar-refractivity contribution is -0.132. The monoisotopic (exact) mass is 951 g/mol. The van der Waals surface area contributed by atoms with Gasteiger partial charge in [-0.25, -0.2) is 14.8 Å². The molecule has 358 valence electrons. The van der Waals surface area contributed by atoms with Gasteiger partial charge in [-0.05, 0) is 73.5 Å². The highest BCUT2D eigenvalue weighted by atomic mass is 19.4. The third kappa shape index (κ3) is 11.2. The van der Waals surface area contributed by atoms with Gasteiger partial charge in [-0.3, -0.25) is 13.6 Å². The predicted octanol–water partition coefficient (Wildman–Crippen LogP) is 11.8. The Labute approximate surface area is 392 Å². The number of hydrogen-bond acceptors (Lipinski definition) is 8. The molecule has 18 heteroatoms. The van der Waals surface area contributed by atoms with Gasteiger partial charge in [-0.2, -0.15) is 26.3 Å². The van der Waals surface area contributed by atoms with Crippen molar-refractivity contribution < 1.29 is 50.5 Å². The molecule has 0 fully saturated rings. The van der Waals surface area contributed by atoms with Gasteiger partial charge in [0, 0.05) is 71.5 Å². The number of halogens is 6. The second-order valence-electron chi connectivity index (χ2n) is 15.9. The van der Waals surface area contributed by atoms with Crippen LogP contribution in [0.15, 0.2) is 122 Å². The summed E-state index contributed by atoms with van der Waals surface area (Å²) >= 11 is 0. The van der Waals surface area contributed by atoms with Crippen LogP contribution in [-0.4, -0.2) is 82.5 Å². The van der Waals surface area contributed by atoms with Crippen molar-refractivity contribution in [3.05, 3.63) is 144 Å². The first-order valence-electron chi connectivity index (χ1n) is 21.5. The maximum Gasteiger partial charge on any atom is 0.390 e. The Hall–Kier alpha value is -8.02. The van der Waals surface area contributed by atoms with Crippen LogP contribution in [0, 0.1) is 13.8 Å². The average Bonchev–Trinajstić information content (AvgIpc) is 3.96. The summed E-state index contributed by atoms with van der Waals surface area (Å²) in [5.74, 6) is 0.0607. The lowest BCUT2D eigenvalue weighted by Gasteiger charge is -2.15. The number of aromatic carboxylic acids is 1. The molecular formula is C51H47F6N7O5. The summed E-state index contributed by atoms with van der Waals surface area (Å²) in [5, 5.41) is 17.7. The van der Waals surface area contributed by atoms with Crippen molar-refractivity contribution in [2.45, 2.75) is 39.0 Å². The molecule has 0 aliphatic carbocycles. The second-order valence-corrected chi connectivity index (χ2v) is 15.9. The van der Waals surface area contributed by atoms with E-state index in [1.807, 2.05) is 78.3 Å². The molecule has 4 N–H and O–H groups in total. The third-order valence-electron chi connectivity index (χ3n) is 11.2. The smallest absolute Gasteiger partial charge is 0.390 e. The van der Waals surface area contributed by atoms with E-state index in [1.165, 1.54) is 6.07 Å². The van der Waals surface area contributed by atoms with Crippen LogP contribution in [0.5, 0.6) is 11.5 Å². The van der Waals surface area contributed by atoms with Crippen LogP contribution in [-0.2, 0) is 0 Å². The number of aromatic nitrogens is 4. The number of nitrogens with zero attached hydrogens (tertiary/aromatic N) is 4. The minimum absolute atomic E-state index is 0.179. The van der Waals surface area contributed by atoms with E-state index < -0.39 is 31.2 Å². The Morgan fingerprint density at radius 1 is 0.609 bits per heavy atom. The summed E-state index contributed by atoms with van der Waals surface area (Å²) in [6.45, 7) is 2.97. The number of imidazole rings is 2. The van der Waals surface area contributed by atoms with Gasteiger partial charge < -0.3 is 30.5 Å². The summed E-state index contributed by atoms with van der Waals surface area (Å²) in [6, 6.07) is 28.7. The first-order valence-corrected chi connectivity index (χ1v) is 21.5. The zero-order valence-electron chi connectivity index (χ0n) is 38.0. The Kier molecular flexibility index (Phi) is 14.5. The number of carboxylic acids is 1. The molecule has 4 aromatic carbocycles. The molecule has 8 rings (SSSR count). The lowest BCUT2D eigenvalue weighted by Crippen LogP contribution is -2.18. The highest BCUT2D eigenvalue weighted by Gasteiger charge is 2.28. The summed E-state index contributed by atoms with van der Waals surface area (Å²) in [4.78, 5) is 32.4. The molecule has 0 saturated heterocycles. The minimum Gasteiger partial charge on any atom is -0.496 e. The number of ether oxygens (including phenoxy) is 2. The number of benzene rings is 4. The molecule has 0 saturated carbocycles. The molecule has 0 spiro atoms. The van der Waals surface area contributed by atoms with Gasteiger partial charge in [-0.15, -0.1) is 0 Å². The number of nitrogens with one attached hydrogen (secondary N) is 3. The quantitative estimate of drug-likeness (QED) is 0.0783. The average molecular weight is 952 g/mol. The highest BCUT2D eigenvalue weighted by Crippen LogP contribution is 2.37. The van der Waals surface area contributed by atoms with Crippen molar-refractivity contribution in [3.63, 3.8) is 0 Å². The number of fused-ring (bicyclic) bond motifs is 2. The molecule has 0 radical (unpaired) electrons. The maximum atomic E-state index is 12.8. The highest BCUT2D eigenvalue weighted by molar-refractivity contribution is 5.96. The number of pyridine rings is 2. The van der Waals surface area contributed by atoms with E-state index in [9.17, 15) is 41.0 Å². The molecule has 4 heterocycles. The van der Waals surface area contributed by atoms with Crippen LogP contribution < -0.4 is 25.4 Å². The number of hydrogen-bond donors (Lipinski definition) is 4. The number of para-hydroxylation sites is 2. The fourth-order valence-corrected chi connectivity index (χ4v) is 7.88. The fraction of sp³-hybridized carbons (Fsp3) is 0.216. The summed E-state index contributed by atoms with van der Waals surface area (Å²) in [7, 11) is 4.70. The van der Waals surface area contributed by atoms with Gasteiger partial charge in [0.25, 0.3) is 5.91 Å². The number of carboxylic acid groups (broad SMARTS) is 1. The molecule has 0 aliphatic rings. The minimum atomic E-state index is -4.28. The molecule has 0 bridgehead atoms. The van der Waals surface area contributed by atoms with Crippen LogP contribution in [0.2, 0.25) is 0 Å². The van der Waals surface area contributed by atoms with Gasteiger partial charge in [0.2, 0.25) is 0 Å². The summed E-state index contributed by atoms with van der Waals surface area (Å²) in [6.07, 6.45) is -3.50. The van der Waals surface area contributed by atoms with Gasteiger partial charge in [0.05, 0.1) is 67.8 Å². The molecule has 0 atom stereocenters. The zero-order chi connectivity index (χ0) is 49.6. The molecule has 4 aromatic heterocycles. The van der Waals surface area contributed by atoms with Gasteiger partial charge in [-0.1, -0.05) is 48.5 Å². The fourth-order valence-electron chi connectivity index (χ4n) is 7.88. The number of rotatable bonds is 14. The molecule has 12 nitrogen and oxygen atoms in total. The molecule has 8 aromatic rings. The molecule has 0 aliphatic heterocycles. The second kappa shape index (κ2) is 20.5. The maximum absolute atomic E-state index is 12.8. The topological polar surface area (TPSA) is 144 Å². The zero-order valence-corrected chi connectivity index (χ0v) is 38.0. The van der Waals surface area contributed by atoms with Crippen molar-refractivity contribution in [1.29, 1.82) is 0 Å². The molecule has 1 amide bonds. The normalized spacial score (nSPS) is 11.5. The van der Waals surface area contributed by atoms with E-state index in [4.69, 9.17) is 9.47 Å². The van der Waals surface area contributed by atoms with E-state index in [-0.39, 0.29) is 24.6 Å². The van der Waals surface area contributed by atoms with Crippen molar-refractivity contribution >= 4 is 34.5 Å². The van der Waals surface area contributed by atoms with Gasteiger partial charge >= 0.3 is 18.3 Å². The SMILES string of the molecule is CNC(=O)c1ccc(-c2cnc3c(NCCC(F)(F)F)cc(-c4ccccc4OC)cn23)cc1C.COc1ccccc1-c1cc(NCCC(F)(F)F)c2ncc(-c3ccc(C(=O)O)c(C)c3)n2c1. The number of anilines is 2. The van der Waals surface area contributed by atoms with E-state index in [0.29, 0.717) is 51.0 Å². The Balaban J connectivity index is 0.000000204. The Morgan fingerprint density at radius 3 is 1.41 bits per heavy atom. The van der Waals surface area contributed by atoms with Crippen molar-refractivity contribution in [1.82, 2.24) is 24.1 Å². The van der Waals surface area contributed by atoms with Crippen molar-refractivity contribution in [2.24, 2.45) is 0 Å². The van der Waals surface area contributed by atoms with Crippen LogP contribution in [0.3, 0.4) is 0 Å². The number of aryl methyl sites for hydroxylation is 2. The predicted molar refractivity (Wildman–Crippen MR) is 253 cm³/mol. The van der Waals surface area contributed by atoms with Crippen LogP contribution in [0.1, 0.15) is 44.7 Å². The lowest BCUT2D eigenvalue weighted by atomic mass is 10.0. The number of alkyl halides is 6.